The maximum absolute atomic E-state index is 10.9. The van der Waals surface area contributed by atoms with Crippen LogP contribution in [0.25, 0.3) is 0 Å². The quantitative estimate of drug-likeness (QED) is 0.591. The van der Waals surface area contributed by atoms with Crippen LogP contribution in [0.15, 0.2) is 42.7 Å². The van der Waals surface area contributed by atoms with Crippen molar-refractivity contribution in [3.05, 3.63) is 64.0 Å². The van der Waals surface area contributed by atoms with Crippen molar-refractivity contribution in [2.45, 2.75) is 13.1 Å². The van der Waals surface area contributed by atoms with Gasteiger partial charge in [-0.1, -0.05) is 12.1 Å². The Hall–Kier alpha value is -2.51. The topological polar surface area (TPSA) is 88.7 Å². The summed E-state index contributed by atoms with van der Waals surface area (Å²) in [6.07, 6.45) is 3.49. The molecule has 7 heteroatoms. The average molecular weight is 317 g/mol. The number of aromatic nitrogens is 1. The first-order valence-corrected chi connectivity index (χ1v) is 7.17. The van der Waals surface area contributed by atoms with Gasteiger partial charge in [-0.15, -0.1) is 0 Å². The highest BCUT2D eigenvalue weighted by Crippen LogP contribution is 2.28. The summed E-state index contributed by atoms with van der Waals surface area (Å²) in [6.45, 7) is 1.70. The van der Waals surface area contributed by atoms with E-state index in [0.29, 0.717) is 19.6 Å². The van der Waals surface area contributed by atoms with E-state index in [0.717, 1.165) is 11.1 Å². The van der Waals surface area contributed by atoms with Crippen LogP contribution in [-0.2, 0) is 13.1 Å². The predicted octanol–water partition coefficient (Wildman–Crippen LogP) is 1.99. The van der Waals surface area contributed by atoms with E-state index in [4.69, 9.17) is 4.74 Å². The van der Waals surface area contributed by atoms with Gasteiger partial charge >= 0.3 is 5.69 Å². The molecule has 1 aromatic heterocycles. The molecule has 1 heterocycles. The van der Waals surface area contributed by atoms with E-state index >= 15 is 0 Å². The number of pyridine rings is 1. The lowest BCUT2D eigenvalue weighted by molar-refractivity contribution is -0.385. The minimum Gasteiger partial charge on any atom is -0.490 e. The van der Waals surface area contributed by atoms with Crippen molar-refractivity contribution in [2.75, 3.05) is 20.3 Å². The van der Waals surface area contributed by atoms with Crippen molar-refractivity contribution >= 4 is 5.69 Å². The number of hydrogen-bond donors (Lipinski definition) is 1. The van der Waals surface area contributed by atoms with Gasteiger partial charge in [0.1, 0.15) is 0 Å². The maximum atomic E-state index is 10.9. The second-order valence-electron chi connectivity index (χ2n) is 5.06. The molecule has 2 rings (SSSR count). The summed E-state index contributed by atoms with van der Waals surface area (Å²) in [5, 5.41) is 20.2. The third-order valence-electron chi connectivity index (χ3n) is 3.39. The fraction of sp³-hybridized carbons (Fsp3) is 0.312. The predicted molar refractivity (Wildman–Crippen MR) is 85.1 cm³/mol. The van der Waals surface area contributed by atoms with Crippen LogP contribution in [0.1, 0.15) is 11.1 Å². The maximum Gasteiger partial charge on any atom is 0.310 e. The van der Waals surface area contributed by atoms with E-state index in [1.165, 1.54) is 13.2 Å². The van der Waals surface area contributed by atoms with Gasteiger partial charge in [0.15, 0.2) is 5.75 Å². The summed E-state index contributed by atoms with van der Waals surface area (Å²) in [7, 11) is 1.41. The number of benzene rings is 1. The van der Waals surface area contributed by atoms with Crippen LogP contribution in [0.2, 0.25) is 0 Å². The van der Waals surface area contributed by atoms with Gasteiger partial charge in [0.05, 0.1) is 18.6 Å². The first-order chi connectivity index (χ1) is 11.1. The minimum absolute atomic E-state index is 0.0321. The third-order valence-corrected chi connectivity index (χ3v) is 3.39. The normalized spacial score (nSPS) is 10.7. The Labute approximate surface area is 134 Å². The van der Waals surface area contributed by atoms with Crippen molar-refractivity contribution in [1.82, 2.24) is 9.88 Å². The molecule has 0 spiro atoms. The van der Waals surface area contributed by atoms with Gasteiger partial charge in [-0.05, 0) is 23.3 Å². The molecule has 2 aromatic rings. The van der Waals surface area contributed by atoms with Crippen LogP contribution in [-0.4, -0.2) is 40.2 Å². The molecule has 0 atom stereocenters. The Balaban J connectivity index is 2.14. The molecule has 23 heavy (non-hydrogen) atoms. The highest BCUT2D eigenvalue weighted by molar-refractivity contribution is 5.48. The molecule has 0 saturated heterocycles. The van der Waals surface area contributed by atoms with Crippen molar-refractivity contribution in [3.63, 3.8) is 0 Å². The van der Waals surface area contributed by atoms with Crippen LogP contribution < -0.4 is 4.74 Å². The van der Waals surface area contributed by atoms with Crippen molar-refractivity contribution in [3.8, 4) is 5.75 Å². The van der Waals surface area contributed by atoms with Gasteiger partial charge in [0, 0.05) is 38.1 Å². The number of hydrogen-bond acceptors (Lipinski definition) is 6. The van der Waals surface area contributed by atoms with Crippen molar-refractivity contribution in [1.29, 1.82) is 0 Å². The molecule has 1 N–H and O–H groups in total. The summed E-state index contributed by atoms with van der Waals surface area (Å²) >= 11 is 0. The molecular weight excluding hydrogens is 298 g/mol. The first-order valence-electron chi connectivity index (χ1n) is 7.17. The van der Waals surface area contributed by atoms with E-state index in [1.54, 1.807) is 24.5 Å². The summed E-state index contributed by atoms with van der Waals surface area (Å²) in [6, 6.07) is 8.63. The monoisotopic (exact) mass is 317 g/mol. The van der Waals surface area contributed by atoms with E-state index in [2.05, 4.69) is 4.98 Å². The zero-order valence-electron chi connectivity index (χ0n) is 12.9. The summed E-state index contributed by atoms with van der Waals surface area (Å²) in [4.78, 5) is 16.6. The number of nitro benzene ring substituents is 1. The van der Waals surface area contributed by atoms with Gasteiger partial charge in [-0.2, -0.15) is 0 Å². The largest absolute Gasteiger partial charge is 0.490 e. The molecule has 0 radical (unpaired) electrons. The van der Waals surface area contributed by atoms with Crippen molar-refractivity contribution in [2.24, 2.45) is 0 Å². The average Bonchev–Trinajstić information content (AvgIpc) is 2.55. The first kappa shape index (κ1) is 16.9. The zero-order valence-corrected chi connectivity index (χ0v) is 12.9. The van der Waals surface area contributed by atoms with Gasteiger partial charge in [-0.3, -0.25) is 20.0 Å². The SMILES string of the molecule is COc1cc(CN(CCO)Cc2cccnc2)ccc1[N+](=O)[O-]. The Morgan fingerprint density at radius 1 is 1.30 bits per heavy atom. The van der Waals surface area contributed by atoms with E-state index in [-0.39, 0.29) is 18.0 Å². The minimum atomic E-state index is -0.469. The molecule has 0 aliphatic rings. The Morgan fingerprint density at radius 2 is 2.09 bits per heavy atom. The Bertz CT molecular complexity index is 649. The van der Waals surface area contributed by atoms with Gasteiger partial charge in [0.25, 0.3) is 0 Å². The standard InChI is InChI=1S/C16H19N3O4/c1-23-16-9-13(4-5-15(16)19(21)22)11-18(7-8-20)12-14-3-2-6-17-10-14/h2-6,9-10,20H,7-8,11-12H2,1H3. The second-order valence-corrected chi connectivity index (χ2v) is 5.06. The summed E-state index contributed by atoms with van der Waals surface area (Å²) < 4.78 is 5.09. The number of aliphatic hydroxyl groups is 1. The highest BCUT2D eigenvalue weighted by Gasteiger charge is 2.16. The van der Waals surface area contributed by atoms with E-state index < -0.39 is 4.92 Å². The molecule has 0 aliphatic heterocycles. The fourth-order valence-electron chi connectivity index (χ4n) is 2.33. The molecule has 0 fully saturated rings. The Kier molecular flexibility index (Phi) is 6.02. The van der Waals surface area contributed by atoms with Crippen molar-refractivity contribution < 1.29 is 14.8 Å². The lowest BCUT2D eigenvalue weighted by Gasteiger charge is -2.21. The van der Waals surface area contributed by atoms with E-state index in [9.17, 15) is 15.2 Å². The van der Waals surface area contributed by atoms with Crippen LogP contribution in [0.4, 0.5) is 5.69 Å². The third kappa shape index (κ3) is 4.73. The number of nitrogens with zero attached hydrogens (tertiary/aromatic N) is 3. The zero-order chi connectivity index (χ0) is 16.7. The lowest BCUT2D eigenvalue weighted by Crippen LogP contribution is -2.26. The molecule has 0 aliphatic carbocycles. The molecule has 7 nitrogen and oxygen atoms in total. The summed E-state index contributed by atoms with van der Waals surface area (Å²) in [5.41, 5.74) is 1.86. The molecule has 122 valence electrons. The Morgan fingerprint density at radius 3 is 2.70 bits per heavy atom. The fourth-order valence-corrected chi connectivity index (χ4v) is 2.33. The van der Waals surface area contributed by atoms with Crippen LogP contribution >= 0.6 is 0 Å². The van der Waals surface area contributed by atoms with Crippen LogP contribution in [0, 0.1) is 10.1 Å². The number of methoxy groups -OCH3 is 1. The smallest absolute Gasteiger partial charge is 0.310 e. The second kappa shape index (κ2) is 8.21. The van der Waals surface area contributed by atoms with Gasteiger partial charge < -0.3 is 9.84 Å². The van der Waals surface area contributed by atoms with E-state index in [1.807, 2.05) is 17.0 Å². The molecular formula is C16H19N3O4. The van der Waals surface area contributed by atoms with Crippen LogP contribution in [0.3, 0.4) is 0 Å². The number of ether oxygens (including phenoxy) is 1. The van der Waals surface area contributed by atoms with Gasteiger partial charge in [-0.25, -0.2) is 0 Å². The lowest BCUT2D eigenvalue weighted by atomic mass is 10.1. The summed E-state index contributed by atoms with van der Waals surface area (Å²) in [5.74, 6) is 0.234. The number of aliphatic hydroxyl groups excluding tert-OH is 1. The number of nitro groups is 1. The molecule has 0 saturated carbocycles. The number of rotatable bonds is 8. The molecule has 0 bridgehead atoms. The molecule has 0 unspecified atom stereocenters. The molecule has 1 aromatic carbocycles. The highest BCUT2D eigenvalue weighted by atomic mass is 16.6. The van der Waals surface area contributed by atoms with Crippen LogP contribution in [0.5, 0.6) is 5.75 Å². The van der Waals surface area contributed by atoms with Gasteiger partial charge in [0.2, 0.25) is 0 Å². The molecule has 0 amide bonds.